The van der Waals surface area contributed by atoms with Gasteiger partial charge in [-0.25, -0.2) is 4.39 Å². The van der Waals surface area contributed by atoms with Gasteiger partial charge < -0.3 is 15.4 Å². The van der Waals surface area contributed by atoms with Crippen molar-refractivity contribution in [2.24, 2.45) is 5.92 Å². The van der Waals surface area contributed by atoms with Crippen molar-refractivity contribution >= 4 is 23.2 Å². The lowest BCUT2D eigenvalue weighted by Gasteiger charge is -2.13. The highest BCUT2D eigenvalue weighted by Crippen LogP contribution is 2.21. The molecule has 0 aliphatic carbocycles. The number of hydrogen-bond donors (Lipinski definition) is 2. The van der Waals surface area contributed by atoms with Crippen LogP contribution in [-0.2, 0) is 9.59 Å². The van der Waals surface area contributed by atoms with Gasteiger partial charge in [-0.05, 0) is 43.2 Å². The molecular weight excluding hydrogens is 347 g/mol. The maximum absolute atomic E-state index is 13.1. The lowest BCUT2D eigenvalue weighted by molar-refractivity contribution is -0.119. The molecule has 0 spiro atoms. The highest BCUT2D eigenvalue weighted by molar-refractivity contribution is 5.95. The van der Waals surface area contributed by atoms with Gasteiger partial charge >= 0.3 is 0 Å². The van der Waals surface area contributed by atoms with E-state index in [2.05, 4.69) is 10.6 Å². The number of aryl methyl sites for hydroxylation is 1. The number of anilines is 2. The minimum absolute atomic E-state index is 0.0781. The first-order valence-electron chi connectivity index (χ1n) is 8.95. The normalized spacial score (nSPS) is 10.6. The second-order valence-corrected chi connectivity index (χ2v) is 6.63. The number of carbonyl (C=O) groups excluding carboxylic acids is 2. The maximum atomic E-state index is 13.1. The molecule has 0 aliphatic heterocycles. The van der Waals surface area contributed by atoms with Gasteiger partial charge in [-0.1, -0.05) is 26.0 Å². The highest BCUT2D eigenvalue weighted by atomic mass is 19.1. The van der Waals surface area contributed by atoms with E-state index in [-0.39, 0.29) is 30.0 Å². The molecule has 0 heterocycles. The molecule has 0 aliphatic rings. The van der Waals surface area contributed by atoms with E-state index in [1.807, 2.05) is 26.8 Å². The Kier molecular flexibility index (Phi) is 7.34. The SMILES string of the molecule is Cc1ccc(NC(=O)C(C)C)cc1NC(=O)CCCOc1cccc(F)c1. The van der Waals surface area contributed by atoms with Gasteiger partial charge in [-0.15, -0.1) is 0 Å². The zero-order valence-corrected chi connectivity index (χ0v) is 15.8. The lowest BCUT2D eigenvalue weighted by Crippen LogP contribution is -2.18. The summed E-state index contributed by atoms with van der Waals surface area (Å²) in [6, 6.07) is 11.3. The van der Waals surface area contributed by atoms with E-state index >= 15 is 0 Å². The fourth-order valence-electron chi connectivity index (χ4n) is 2.31. The molecule has 2 rings (SSSR count). The van der Waals surface area contributed by atoms with Gasteiger partial charge in [-0.2, -0.15) is 0 Å². The summed E-state index contributed by atoms with van der Waals surface area (Å²) in [7, 11) is 0. The largest absolute Gasteiger partial charge is 0.493 e. The first-order valence-corrected chi connectivity index (χ1v) is 8.95. The van der Waals surface area contributed by atoms with Gasteiger partial charge in [0.05, 0.1) is 6.61 Å². The standard InChI is InChI=1S/C21H25FN2O3/c1-14(2)21(26)23-17-10-9-15(3)19(13-17)24-20(25)8-5-11-27-18-7-4-6-16(22)12-18/h4,6-7,9-10,12-14H,5,8,11H2,1-3H3,(H,23,26)(H,24,25). The molecular formula is C21H25FN2O3. The first-order chi connectivity index (χ1) is 12.8. The zero-order chi connectivity index (χ0) is 19.8. The third-order valence-corrected chi connectivity index (χ3v) is 3.92. The number of amides is 2. The summed E-state index contributed by atoms with van der Waals surface area (Å²) in [5.41, 5.74) is 2.21. The highest BCUT2D eigenvalue weighted by Gasteiger charge is 2.10. The van der Waals surface area contributed by atoms with Crippen LogP contribution in [0.3, 0.4) is 0 Å². The Morgan fingerprint density at radius 3 is 2.59 bits per heavy atom. The van der Waals surface area contributed by atoms with Crippen molar-refractivity contribution < 1.29 is 18.7 Å². The number of hydrogen-bond acceptors (Lipinski definition) is 3. The predicted octanol–water partition coefficient (Wildman–Crippen LogP) is 4.53. The summed E-state index contributed by atoms with van der Waals surface area (Å²) < 4.78 is 18.5. The Hall–Kier alpha value is -2.89. The van der Waals surface area contributed by atoms with Crippen molar-refractivity contribution in [2.45, 2.75) is 33.6 Å². The van der Waals surface area contributed by atoms with Crippen molar-refractivity contribution in [3.8, 4) is 5.75 Å². The van der Waals surface area contributed by atoms with Crippen LogP contribution in [0.15, 0.2) is 42.5 Å². The number of benzene rings is 2. The van der Waals surface area contributed by atoms with Crippen LogP contribution in [0.1, 0.15) is 32.3 Å². The van der Waals surface area contributed by atoms with E-state index in [1.165, 1.54) is 12.1 Å². The van der Waals surface area contributed by atoms with Crippen LogP contribution >= 0.6 is 0 Å². The van der Waals surface area contributed by atoms with Crippen LogP contribution in [0.4, 0.5) is 15.8 Å². The summed E-state index contributed by atoms with van der Waals surface area (Å²) in [5, 5.41) is 5.67. The van der Waals surface area contributed by atoms with Crippen LogP contribution in [0.25, 0.3) is 0 Å². The van der Waals surface area contributed by atoms with E-state index in [4.69, 9.17) is 4.74 Å². The molecule has 2 amide bonds. The average Bonchev–Trinajstić information content (AvgIpc) is 2.61. The molecule has 2 N–H and O–H groups in total. The Labute approximate surface area is 158 Å². The monoisotopic (exact) mass is 372 g/mol. The van der Waals surface area contributed by atoms with Gasteiger partial charge in [0, 0.05) is 29.8 Å². The second-order valence-electron chi connectivity index (χ2n) is 6.63. The molecule has 144 valence electrons. The van der Waals surface area contributed by atoms with Gasteiger partial charge in [-0.3, -0.25) is 9.59 Å². The van der Waals surface area contributed by atoms with Crippen LogP contribution in [-0.4, -0.2) is 18.4 Å². The van der Waals surface area contributed by atoms with Crippen molar-refractivity contribution in [3.63, 3.8) is 0 Å². The quantitative estimate of drug-likeness (QED) is 0.669. The Morgan fingerprint density at radius 1 is 1.11 bits per heavy atom. The second kappa shape index (κ2) is 9.71. The van der Waals surface area contributed by atoms with Crippen LogP contribution in [0.5, 0.6) is 5.75 Å². The summed E-state index contributed by atoms with van der Waals surface area (Å²) in [6.07, 6.45) is 0.780. The number of nitrogens with one attached hydrogen (secondary N) is 2. The molecule has 0 aromatic heterocycles. The molecule has 0 saturated heterocycles. The fraction of sp³-hybridized carbons (Fsp3) is 0.333. The third kappa shape index (κ3) is 6.73. The Bertz CT molecular complexity index is 806. The minimum Gasteiger partial charge on any atom is -0.493 e. The van der Waals surface area contributed by atoms with E-state index in [0.29, 0.717) is 30.2 Å². The number of rotatable bonds is 8. The lowest BCUT2D eigenvalue weighted by atomic mass is 10.1. The van der Waals surface area contributed by atoms with Gasteiger partial charge in [0.25, 0.3) is 0 Å². The Morgan fingerprint density at radius 2 is 1.89 bits per heavy atom. The number of ether oxygens (including phenoxy) is 1. The third-order valence-electron chi connectivity index (χ3n) is 3.92. The number of carbonyl (C=O) groups is 2. The Balaban J connectivity index is 1.83. The smallest absolute Gasteiger partial charge is 0.226 e. The maximum Gasteiger partial charge on any atom is 0.226 e. The fourth-order valence-corrected chi connectivity index (χ4v) is 2.31. The summed E-state index contributed by atoms with van der Waals surface area (Å²) in [6.45, 7) is 5.84. The van der Waals surface area contributed by atoms with Crippen LogP contribution in [0, 0.1) is 18.7 Å². The van der Waals surface area contributed by atoms with Crippen molar-refractivity contribution in [1.82, 2.24) is 0 Å². The van der Waals surface area contributed by atoms with Gasteiger partial charge in [0.15, 0.2) is 0 Å². The zero-order valence-electron chi connectivity index (χ0n) is 15.8. The van der Waals surface area contributed by atoms with E-state index in [9.17, 15) is 14.0 Å². The van der Waals surface area contributed by atoms with Gasteiger partial charge in [0.1, 0.15) is 11.6 Å². The number of halogens is 1. The molecule has 2 aromatic rings. The summed E-state index contributed by atoms with van der Waals surface area (Å²) >= 11 is 0. The molecule has 27 heavy (non-hydrogen) atoms. The minimum atomic E-state index is -0.356. The molecule has 0 saturated carbocycles. The average molecular weight is 372 g/mol. The molecule has 6 heteroatoms. The molecule has 5 nitrogen and oxygen atoms in total. The molecule has 0 fully saturated rings. The summed E-state index contributed by atoms with van der Waals surface area (Å²) in [4.78, 5) is 24.0. The van der Waals surface area contributed by atoms with Gasteiger partial charge in [0.2, 0.25) is 11.8 Å². The van der Waals surface area contributed by atoms with Crippen molar-refractivity contribution in [1.29, 1.82) is 0 Å². The van der Waals surface area contributed by atoms with Crippen LogP contribution in [0.2, 0.25) is 0 Å². The van der Waals surface area contributed by atoms with E-state index in [1.54, 1.807) is 24.3 Å². The van der Waals surface area contributed by atoms with Crippen molar-refractivity contribution in [2.75, 3.05) is 17.2 Å². The van der Waals surface area contributed by atoms with Crippen molar-refractivity contribution in [3.05, 3.63) is 53.8 Å². The molecule has 0 atom stereocenters. The van der Waals surface area contributed by atoms with E-state index in [0.717, 1.165) is 5.56 Å². The first kappa shape index (κ1) is 20.4. The summed E-state index contributed by atoms with van der Waals surface area (Å²) in [5.74, 6) is -0.258. The molecule has 0 bridgehead atoms. The predicted molar refractivity (Wildman–Crippen MR) is 104 cm³/mol. The molecule has 0 unspecified atom stereocenters. The molecule has 2 aromatic carbocycles. The van der Waals surface area contributed by atoms with Crippen LogP contribution < -0.4 is 15.4 Å². The van der Waals surface area contributed by atoms with E-state index < -0.39 is 0 Å². The molecule has 0 radical (unpaired) electrons. The topological polar surface area (TPSA) is 67.4 Å².